The van der Waals surface area contributed by atoms with Gasteiger partial charge < -0.3 is 16.2 Å². The summed E-state index contributed by atoms with van der Waals surface area (Å²) in [6.07, 6.45) is 0. The van der Waals surface area contributed by atoms with Crippen LogP contribution in [0.4, 0.5) is 20.2 Å². The van der Waals surface area contributed by atoms with Crippen molar-refractivity contribution in [3.05, 3.63) is 53.1 Å². The van der Waals surface area contributed by atoms with Gasteiger partial charge in [-0.25, -0.2) is 8.78 Å². The summed E-state index contributed by atoms with van der Waals surface area (Å²) >= 11 is 0. The van der Waals surface area contributed by atoms with E-state index in [1.807, 2.05) is 0 Å². The third-order valence-electron chi connectivity index (χ3n) is 2.72. The summed E-state index contributed by atoms with van der Waals surface area (Å²) in [6, 6.07) is 5.94. The second-order valence-corrected chi connectivity index (χ2v) is 4.33. The van der Waals surface area contributed by atoms with Gasteiger partial charge in [0.2, 0.25) is 0 Å². The number of aryl methyl sites for hydroxylation is 1. The fraction of sp³-hybridized carbons (Fsp3) is 0.0714. The Morgan fingerprint density at radius 3 is 2.60 bits per heavy atom. The predicted molar refractivity (Wildman–Crippen MR) is 71.6 cm³/mol. The van der Waals surface area contributed by atoms with E-state index in [1.165, 1.54) is 12.1 Å². The number of anilines is 2. The third kappa shape index (κ3) is 2.69. The molecule has 0 unspecified atom stereocenters. The summed E-state index contributed by atoms with van der Waals surface area (Å²) in [6.45, 7) is 1.74. The van der Waals surface area contributed by atoms with Crippen LogP contribution in [0.15, 0.2) is 30.3 Å². The molecule has 0 bridgehead atoms. The molecule has 1 amide bonds. The maximum absolute atomic E-state index is 13.6. The molecule has 0 saturated carbocycles. The number of nitrogens with one attached hydrogen (secondary N) is 1. The first-order valence-corrected chi connectivity index (χ1v) is 5.74. The van der Waals surface area contributed by atoms with Crippen molar-refractivity contribution in [2.45, 2.75) is 6.92 Å². The summed E-state index contributed by atoms with van der Waals surface area (Å²) in [4.78, 5) is 12.0. The Labute approximate surface area is 113 Å². The monoisotopic (exact) mass is 278 g/mol. The molecular formula is C14H12F2N2O2. The lowest BCUT2D eigenvalue weighted by Crippen LogP contribution is -2.15. The summed E-state index contributed by atoms with van der Waals surface area (Å²) in [7, 11) is 0. The van der Waals surface area contributed by atoms with Gasteiger partial charge in [-0.1, -0.05) is 11.6 Å². The molecule has 2 aromatic rings. The van der Waals surface area contributed by atoms with E-state index in [0.717, 1.165) is 11.6 Å². The van der Waals surface area contributed by atoms with Crippen molar-refractivity contribution in [1.29, 1.82) is 0 Å². The number of rotatable bonds is 2. The van der Waals surface area contributed by atoms with Crippen molar-refractivity contribution < 1.29 is 18.7 Å². The zero-order chi connectivity index (χ0) is 14.9. The number of hydrogen-bond acceptors (Lipinski definition) is 3. The normalized spacial score (nSPS) is 10.3. The number of nitrogens with two attached hydrogens (primary N) is 1. The summed E-state index contributed by atoms with van der Waals surface area (Å²) in [5, 5.41) is 11.8. The van der Waals surface area contributed by atoms with Crippen LogP contribution in [0.2, 0.25) is 0 Å². The largest absolute Gasteiger partial charge is 0.507 e. The fourth-order valence-electron chi connectivity index (χ4n) is 1.74. The van der Waals surface area contributed by atoms with Crippen molar-refractivity contribution in [3.8, 4) is 5.75 Å². The number of nitrogen functional groups attached to an aromatic ring is 1. The molecule has 4 nitrogen and oxygen atoms in total. The number of carbonyl (C=O) groups excluding carboxylic acids is 1. The lowest BCUT2D eigenvalue weighted by Gasteiger charge is -2.11. The summed E-state index contributed by atoms with van der Waals surface area (Å²) in [5.74, 6) is -2.79. The predicted octanol–water partition coefficient (Wildman–Crippen LogP) is 2.81. The van der Waals surface area contributed by atoms with Crippen molar-refractivity contribution in [2.24, 2.45) is 0 Å². The average Bonchev–Trinajstić information content (AvgIpc) is 2.36. The highest BCUT2D eigenvalue weighted by atomic mass is 19.1. The number of halogens is 2. The molecule has 0 spiro atoms. The van der Waals surface area contributed by atoms with Gasteiger partial charge in [-0.3, -0.25) is 4.79 Å². The zero-order valence-corrected chi connectivity index (χ0v) is 10.6. The van der Waals surface area contributed by atoms with Crippen LogP contribution in [0.1, 0.15) is 15.9 Å². The molecule has 0 aliphatic rings. The second-order valence-electron chi connectivity index (χ2n) is 4.33. The van der Waals surface area contributed by atoms with Gasteiger partial charge in [0.25, 0.3) is 5.91 Å². The van der Waals surface area contributed by atoms with Gasteiger partial charge in [0.05, 0.1) is 11.3 Å². The minimum Gasteiger partial charge on any atom is -0.507 e. The van der Waals surface area contributed by atoms with Gasteiger partial charge >= 0.3 is 0 Å². The highest BCUT2D eigenvalue weighted by molar-refractivity contribution is 6.07. The quantitative estimate of drug-likeness (QED) is 0.739. The van der Waals surface area contributed by atoms with Crippen molar-refractivity contribution in [3.63, 3.8) is 0 Å². The molecule has 0 aromatic heterocycles. The van der Waals surface area contributed by atoms with Crippen LogP contribution in [0.5, 0.6) is 5.75 Å². The van der Waals surface area contributed by atoms with Crippen LogP contribution < -0.4 is 11.1 Å². The highest BCUT2D eigenvalue weighted by Gasteiger charge is 2.16. The van der Waals surface area contributed by atoms with Crippen LogP contribution in [-0.4, -0.2) is 11.0 Å². The molecule has 2 aromatic carbocycles. The molecule has 0 fully saturated rings. The van der Waals surface area contributed by atoms with E-state index in [-0.39, 0.29) is 22.7 Å². The first-order chi connectivity index (χ1) is 9.38. The molecular weight excluding hydrogens is 266 g/mol. The second kappa shape index (κ2) is 5.16. The molecule has 0 saturated heterocycles. The highest BCUT2D eigenvalue weighted by Crippen LogP contribution is 2.26. The Hall–Kier alpha value is -2.63. The maximum Gasteiger partial charge on any atom is 0.259 e. The van der Waals surface area contributed by atoms with Crippen molar-refractivity contribution in [2.75, 3.05) is 11.1 Å². The topological polar surface area (TPSA) is 75.3 Å². The molecule has 104 valence electrons. The van der Waals surface area contributed by atoms with E-state index in [1.54, 1.807) is 13.0 Å². The maximum atomic E-state index is 13.6. The molecule has 4 N–H and O–H groups in total. The van der Waals surface area contributed by atoms with Gasteiger partial charge in [0, 0.05) is 6.07 Å². The number of carbonyl (C=O) groups is 1. The molecule has 0 heterocycles. The molecule has 2 rings (SSSR count). The number of phenolic OH excluding ortho intramolecular Hbond substituents is 1. The standard InChI is InChI=1S/C14H12F2N2O2/c1-7-2-3-12(19)9(4-7)14(20)18-13-10(16)5-8(15)6-11(13)17/h2-6,19H,17H2,1H3,(H,18,20). The molecule has 6 heteroatoms. The molecule has 0 aliphatic heterocycles. The smallest absolute Gasteiger partial charge is 0.259 e. The van der Waals surface area contributed by atoms with Crippen molar-refractivity contribution >= 4 is 17.3 Å². The SMILES string of the molecule is Cc1ccc(O)c(C(=O)Nc2c(N)cc(F)cc2F)c1. The van der Waals surface area contributed by atoms with Crippen LogP contribution in [0, 0.1) is 18.6 Å². The Kier molecular flexibility index (Phi) is 3.56. The first kappa shape index (κ1) is 13.8. The van der Waals surface area contributed by atoms with Crippen LogP contribution in [0.25, 0.3) is 0 Å². The number of amides is 1. The van der Waals surface area contributed by atoms with Crippen LogP contribution >= 0.6 is 0 Å². The molecule has 0 radical (unpaired) electrons. The Morgan fingerprint density at radius 2 is 1.95 bits per heavy atom. The first-order valence-electron chi connectivity index (χ1n) is 5.74. The Balaban J connectivity index is 2.35. The fourth-order valence-corrected chi connectivity index (χ4v) is 1.74. The lowest BCUT2D eigenvalue weighted by molar-refractivity contribution is 0.102. The average molecular weight is 278 g/mol. The summed E-state index contributed by atoms with van der Waals surface area (Å²) < 4.78 is 26.5. The minimum absolute atomic E-state index is 0.0203. The van der Waals surface area contributed by atoms with Crippen LogP contribution in [-0.2, 0) is 0 Å². The van der Waals surface area contributed by atoms with E-state index in [9.17, 15) is 18.7 Å². The third-order valence-corrected chi connectivity index (χ3v) is 2.72. The number of phenols is 1. The Bertz CT molecular complexity index is 664. The van der Waals surface area contributed by atoms with Gasteiger partial charge in [0.1, 0.15) is 17.3 Å². The number of aromatic hydroxyl groups is 1. The van der Waals surface area contributed by atoms with Crippen LogP contribution in [0.3, 0.4) is 0 Å². The number of benzene rings is 2. The van der Waals surface area contributed by atoms with E-state index in [4.69, 9.17) is 5.73 Å². The zero-order valence-electron chi connectivity index (χ0n) is 10.6. The van der Waals surface area contributed by atoms with E-state index in [2.05, 4.69) is 5.32 Å². The molecule has 0 atom stereocenters. The van der Waals surface area contributed by atoms with Gasteiger partial charge in [-0.05, 0) is 25.1 Å². The van der Waals surface area contributed by atoms with Gasteiger partial charge in [-0.15, -0.1) is 0 Å². The molecule has 0 aliphatic carbocycles. The van der Waals surface area contributed by atoms with E-state index < -0.39 is 17.5 Å². The summed E-state index contributed by atoms with van der Waals surface area (Å²) in [5.41, 5.74) is 5.63. The Morgan fingerprint density at radius 1 is 1.25 bits per heavy atom. The number of hydrogen-bond donors (Lipinski definition) is 3. The van der Waals surface area contributed by atoms with Crippen molar-refractivity contribution in [1.82, 2.24) is 0 Å². The van der Waals surface area contributed by atoms with Gasteiger partial charge in [-0.2, -0.15) is 0 Å². The van der Waals surface area contributed by atoms with Gasteiger partial charge in [0.15, 0.2) is 5.82 Å². The lowest BCUT2D eigenvalue weighted by atomic mass is 10.1. The molecule has 20 heavy (non-hydrogen) atoms. The van der Waals surface area contributed by atoms with E-state index in [0.29, 0.717) is 6.07 Å². The van der Waals surface area contributed by atoms with E-state index >= 15 is 0 Å². The minimum atomic E-state index is -0.983.